The fourth-order valence-electron chi connectivity index (χ4n) is 4.54. The highest BCUT2D eigenvalue weighted by atomic mass is 32.2. The number of carbonyl (C=O) groups is 2. The first kappa shape index (κ1) is 24.6. The normalized spacial score (nSPS) is 14.3. The Bertz CT molecular complexity index is 1570. The van der Waals surface area contributed by atoms with Gasteiger partial charge in [-0.2, -0.15) is 0 Å². The molecule has 1 N–H and O–H groups in total. The van der Waals surface area contributed by atoms with Crippen molar-refractivity contribution in [1.82, 2.24) is 5.16 Å². The van der Waals surface area contributed by atoms with Crippen LogP contribution in [-0.4, -0.2) is 36.2 Å². The lowest BCUT2D eigenvalue weighted by molar-refractivity contribution is -0.140. The van der Waals surface area contributed by atoms with Crippen molar-refractivity contribution in [2.24, 2.45) is 0 Å². The van der Waals surface area contributed by atoms with Crippen LogP contribution in [0.2, 0.25) is 0 Å². The Morgan fingerprint density at radius 1 is 0.892 bits per heavy atom. The van der Waals surface area contributed by atoms with Crippen LogP contribution in [0.3, 0.4) is 0 Å². The first-order valence-electron chi connectivity index (χ1n) is 11.9. The lowest BCUT2D eigenvalue weighted by Gasteiger charge is -2.11. The summed E-state index contributed by atoms with van der Waals surface area (Å²) in [6.07, 6.45) is 1.22. The minimum absolute atomic E-state index is 0.106. The van der Waals surface area contributed by atoms with Gasteiger partial charge in [0.25, 0.3) is 0 Å². The number of sulfone groups is 1. The fraction of sp³-hybridized carbons (Fsp3) is 0.207. The van der Waals surface area contributed by atoms with Crippen LogP contribution in [0.25, 0.3) is 22.5 Å². The van der Waals surface area contributed by atoms with E-state index in [0.29, 0.717) is 29.9 Å². The van der Waals surface area contributed by atoms with E-state index < -0.39 is 32.8 Å². The maximum absolute atomic E-state index is 12.7. The summed E-state index contributed by atoms with van der Waals surface area (Å²) in [6.45, 7) is 1.72. The van der Waals surface area contributed by atoms with E-state index in [0.717, 1.165) is 22.3 Å². The molecule has 0 radical (unpaired) electrons. The maximum Gasteiger partial charge on any atom is 0.314 e. The molecule has 4 aromatic rings. The van der Waals surface area contributed by atoms with E-state index in [1.165, 1.54) is 12.1 Å². The monoisotopic (exact) mass is 515 g/mol. The number of ketones is 1. The summed E-state index contributed by atoms with van der Waals surface area (Å²) in [5.74, 6) is -1.39. The molecule has 5 rings (SSSR count). The Balaban J connectivity index is 1.33. The van der Waals surface area contributed by atoms with Crippen molar-refractivity contribution in [2.45, 2.75) is 36.5 Å². The van der Waals surface area contributed by atoms with Gasteiger partial charge in [0.15, 0.2) is 21.4 Å². The van der Waals surface area contributed by atoms with E-state index in [9.17, 15) is 23.1 Å². The summed E-state index contributed by atoms with van der Waals surface area (Å²) in [7, 11) is -3.74. The lowest BCUT2D eigenvalue weighted by atomic mass is 9.93. The number of carbonyl (C=O) groups excluding carboxylic acids is 1. The zero-order valence-electron chi connectivity index (χ0n) is 20.2. The molecule has 1 aliphatic carbocycles. The number of carboxylic acids is 1. The van der Waals surface area contributed by atoms with Gasteiger partial charge in [-0.25, -0.2) is 8.42 Å². The highest BCUT2D eigenvalue weighted by Crippen LogP contribution is 2.48. The molecule has 0 amide bonds. The number of rotatable bonds is 9. The summed E-state index contributed by atoms with van der Waals surface area (Å²) >= 11 is 0. The molecule has 1 saturated carbocycles. The largest absolute Gasteiger partial charge is 0.481 e. The van der Waals surface area contributed by atoms with Gasteiger partial charge in [-0.1, -0.05) is 71.9 Å². The number of aliphatic carboxylic acids is 1. The number of benzene rings is 3. The van der Waals surface area contributed by atoms with Crippen LogP contribution in [0.5, 0.6) is 0 Å². The van der Waals surface area contributed by atoms with E-state index in [-0.39, 0.29) is 11.3 Å². The van der Waals surface area contributed by atoms with Crippen LogP contribution < -0.4 is 0 Å². The molecule has 1 aliphatic rings. The molecule has 0 unspecified atom stereocenters. The molecule has 7 nitrogen and oxygen atoms in total. The molecule has 0 spiro atoms. The van der Waals surface area contributed by atoms with E-state index in [1.54, 1.807) is 25.1 Å². The second-order valence-corrected chi connectivity index (χ2v) is 11.4. The smallest absolute Gasteiger partial charge is 0.314 e. The number of hydrogen-bond donors (Lipinski definition) is 1. The Hall–Kier alpha value is -4.04. The van der Waals surface area contributed by atoms with E-state index >= 15 is 0 Å². The molecule has 0 bridgehead atoms. The Kier molecular flexibility index (Phi) is 6.29. The molecular formula is C29H25NO6S. The molecule has 3 aromatic carbocycles. The molecule has 37 heavy (non-hydrogen) atoms. The van der Waals surface area contributed by atoms with Gasteiger partial charge in [-0.15, -0.1) is 0 Å². The van der Waals surface area contributed by atoms with Crippen molar-refractivity contribution in [3.8, 4) is 22.5 Å². The Morgan fingerprint density at radius 3 is 2.03 bits per heavy atom. The number of Topliss-reactive ketones (excluding diaryl/α,β-unsaturated/α-hetero) is 1. The van der Waals surface area contributed by atoms with Gasteiger partial charge in [0.2, 0.25) is 0 Å². The Labute approximate surface area is 214 Å². The van der Waals surface area contributed by atoms with Crippen LogP contribution in [0, 0.1) is 6.92 Å². The van der Waals surface area contributed by atoms with Gasteiger partial charge in [0, 0.05) is 17.5 Å². The van der Waals surface area contributed by atoms with Crippen LogP contribution in [0.15, 0.2) is 88.3 Å². The standard InChI is InChI=1S/C29H25NO6S/c1-19-26(17-24(31)18-37(34,35)25-5-3-2-4-6-25)27(36-30-19)22-9-7-20(8-10-22)21-11-13-23(14-12-21)29(15-16-29)28(32)33/h2-14H,15-18H2,1H3,(H,32,33). The zero-order chi connectivity index (χ0) is 26.2. The topological polar surface area (TPSA) is 115 Å². The third-order valence-electron chi connectivity index (χ3n) is 6.89. The predicted molar refractivity (Wildman–Crippen MR) is 138 cm³/mol. The number of hydrogen-bond acceptors (Lipinski definition) is 6. The third kappa shape index (κ3) is 4.84. The average molecular weight is 516 g/mol. The third-order valence-corrected chi connectivity index (χ3v) is 8.58. The molecule has 188 valence electrons. The second kappa shape index (κ2) is 9.44. The van der Waals surface area contributed by atoms with Gasteiger partial charge in [0.05, 0.1) is 16.0 Å². The number of aryl methyl sites for hydroxylation is 1. The molecule has 8 heteroatoms. The molecule has 0 aliphatic heterocycles. The van der Waals surface area contributed by atoms with Crippen molar-refractivity contribution < 1.29 is 27.6 Å². The van der Waals surface area contributed by atoms with E-state index in [4.69, 9.17) is 4.52 Å². The lowest BCUT2D eigenvalue weighted by Crippen LogP contribution is -2.19. The first-order valence-corrected chi connectivity index (χ1v) is 13.5. The number of nitrogens with zero attached hydrogens (tertiary/aromatic N) is 1. The summed E-state index contributed by atoms with van der Waals surface area (Å²) in [5.41, 5.74) is 3.80. The highest BCUT2D eigenvalue weighted by Gasteiger charge is 2.51. The van der Waals surface area contributed by atoms with Crippen molar-refractivity contribution >= 4 is 21.6 Å². The summed E-state index contributed by atoms with van der Waals surface area (Å²) in [4.78, 5) is 24.4. The second-order valence-electron chi connectivity index (χ2n) is 9.41. The molecule has 1 aromatic heterocycles. The molecule has 0 atom stereocenters. The summed E-state index contributed by atoms with van der Waals surface area (Å²) in [6, 6.07) is 23.0. The van der Waals surface area contributed by atoms with E-state index in [2.05, 4.69) is 5.16 Å². The quantitative estimate of drug-likeness (QED) is 0.333. The van der Waals surface area contributed by atoms with Crippen LogP contribution in [-0.2, 0) is 31.3 Å². The van der Waals surface area contributed by atoms with Crippen molar-refractivity contribution in [3.05, 3.63) is 95.7 Å². The zero-order valence-corrected chi connectivity index (χ0v) is 21.0. The first-order chi connectivity index (χ1) is 17.7. The SMILES string of the molecule is Cc1noc(-c2ccc(-c3ccc(C4(C(=O)O)CC4)cc3)cc2)c1CC(=O)CS(=O)(=O)c1ccccc1. The van der Waals surface area contributed by atoms with Gasteiger partial charge in [-0.05, 0) is 48.6 Å². The average Bonchev–Trinajstić information content (AvgIpc) is 3.64. The maximum atomic E-state index is 12.7. The van der Waals surface area contributed by atoms with Crippen molar-refractivity contribution in [2.75, 3.05) is 5.75 Å². The molecule has 0 saturated heterocycles. The van der Waals surface area contributed by atoms with Crippen LogP contribution in [0.1, 0.15) is 29.7 Å². The van der Waals surface area contributed by atoms with Crippen LogP contribution >= 0.6 is 0 Å². The van der Waals surface area contributed by atoms with Crippen LogP contribution in [0.4, 0.5) is 0 Å². The Morgan fingerprint density at radius 2 is 1.46 bits per heavy atom. The summed E-state index contributed by atoms with van der Waals surface area (Å²) < 4.78 is 30.7. The fourth-order valence-corrected chi connectivity index (χ4v) is 5.81. The minimum atomic E-state index is -3.74. The van der Waals surface area contributed by atoms with Gasteiger partial charge >= 0.3 is 5.97 Å². The number of carboxylic acid groups (broad SMARTS) is 1. The van der Waals surface area contributed by atoms with Gasteiger partial charge < -0.3 is 9.63 Å². The van der Waals surface area contributed by atoms with Crippen molar-refractivity contribution in [3.63, 3.8) is 0 Å². The van der Waals surface area contributed by atoms with Gasteiger partial charge in [0.1, 0.15) is 5.75 Å². The molecular weight excluding hydrogens is 490 g/mol. The molecule has 1 fully saturated rings. The highest BCUT2D eigenvalue weighted by molar-refractivity contribution is 7.92. The summed E-state index contributed by atoms with van der Waals surface area (Å²) in [5, 5.41) is 13.5. The van der Waals surface area contributed by atoms with Crippen molar-refractivity contribution in [1.29, 1.82) is 0 Å². The number of aromatic nitrogens is 1. The minimum Gasteiger partial charge on any atom is -0.481 e. The van der Waals surface area contributed by atoms with E-state index in [1.807, 2.05) is 48.5 Å². The predicted octanol–water partition coefficient (Wildman–Crippen LogP) is 5.02. The molecule has 1 heterocycles. The van der Waals surface area contributed by atoms with Gasteiger partial charge in [-0.3, -0.25) is 9.59 Å².